The van der Waals surface area contributed by atoms with Gasteiger partial charge in [-0.05, 0) is 36.4 Å². The number of ether oxygens (including phenoxy) is 1. The van der Waals surface area contributed by atoms with Crippen molar-refractivity contribution < 1.29 is 18.4 Å². The lowest BCUT2D eigenvalue weighted by atomic mass is 10.2. The fourth-order valence-corrected chi connectivity index (χ4v) is 2.65. The number of para-hydroxylation sites is 1. The minimum atomic E-state index is -0.774. The Morgan fingerprint density at radius 3 is 2.67 bits per heavy atom. The predicted octanol–water partition coefficient (Wildman–Crippen LogP) is 4.46. The van der Waals surface area contributed by atoms with E-state index in [1.165, 1.54) is 6.20 Å². The summed E-state index contributed by atoms with van der Waals surface area (Å²) >= 11 is 5.86. The summed E-state index contributed by atoms with van der Waals surface area (Å²) in [5.41, 5.74) is 0.799. The van der Waals surface area contributed by atoms with E-state index in [0.717, 1.165) is 11.6 Å². The lowest BCUT2D eigenvalue weighted by molar-refractivity contribution is 0.0403. The molecule has 0 aliphatic rings. The molecule has 0 amide bonds. The highest BCUT2D eigenvalue weighted by molar-refractivity contribution is 6.30. The van der Waals surface area contributed by atoms with Crippen LogP contribution in [0.15, 0.2) is 74.4 Å². The maximum atomic E-state index is 12.2. The summed E-state index contributed by atoms with van der Waals surface area (Å²) in [5.74, 6) is -0.210. The molecular weight excluding hydrogens is 370 g/mol. The molecule has 0 aliphatic heterocycles. The number of nitrogens with zero attached hydrogens (tertiary/aromatic N) is 1. The molecule has 0 aliphatic carbocycles. The minimum Gasteiger partial charge on any atom is -0.450 e. The van der Waals surface area contributed by atoms with Gasteiger partial charge in [0.15, 0.2) is 17.8 Å². The quantitative estimate of drug-likeness (QED) is 0.485. The van der Waals surface area contributed by atoms with Gasteiger partial charge >= 0.3 is 5.97 Å². The zero-order valence-corrected chi connectivity index (χ0v) is 14.6. The largest absolute Gasteiger partial charge is 0.450 e. The van der Waals surface area contributed by atoms with Crippen LogP contribution >= 0.6 is 11.6 Å². The van der Waals surface area contributed by atoms with Crippen molar-refractivity contribution in [2.24, 2.45) is 0 Å². The van der Waals surface area contributed by atoms with E-state index in [4.69, 9.17) is 25.2 Å². The highest BCUT2D eigenvalue weighted by atomic mass is 35.5. The van der Waals surface area contributed by atoms with Crippen LogP contribution < -0.4 is 5.43 Å². The summed E-state index contributed by atoms with van der Waals surface area (Å²) in [7, 11) is 0. The first-order chi connectivity index (χ1) is 13.1. The summed E-state index contributed by atoms with van der Waals surface area (Å²) in [6.07, 6.45) is 1.53. The number of hydrogen-bond donors (Lipinski definition) is 0. The van der Waals surface area contributed by atoms with Gasteiger partial charge in [0, 0.05) is 16.7 Å². The molecule has 4 aromatic rings. The van der Waals surface area contributed by atoms with Crippen LogP contribution in [0.4, 0.5) is 0 Å². The van der Waals surface area contributed by atoms with Gasteiger partial charge in [-0.25, -0.2) is 9.78 Å². The number of benzene rings is 2. The molecule has 2 aromatic carbocycles. The molecule has 0 atom stereocenters. The van der Waals surface area contributed by atoms with Crippen LogP contribution in [0.5, 0.6) is 0 Å². The van der Waals surface area contributed by atoms with E-state index in [1.807, 2.05) is 0 Å². The van der Waals surface area contributed by atoms with Crippen LogP contribution in [0.25, 0.3) is 22.3 Å². The third kappa shape index (κ3) is 3.61. The molecule has 0 fully saturated rings. The molecule has 2 aromatic heterocycles. The van der Waals surface area contributed by atoms with Gasteiger partial charge in [-0.2, -0.15) is 0 Å². The van der Waals surface area contributed by atoms with Crippen molar-refractivity contribution in [2.75, 3.05) is 0 Å². The van der Waals surface area contributed by atoms with Crippen molar-refractivity contribution in [1.29, 1.82) is 0 Å². The number of halogens is 1. The normalized spacial score (nSPS) is 10.9. The average molecular weight is 382 g/mol. The number of fused-ring (bicyclic) bond motifs is 1. The van der Waals surface area contributed by atoms with Crippen molar-refractivity contribution in [3.63, 3.8) is 0 Å². The molecule has 0 N–H and O–H groups in total. The third-order valence-electron chi connectivity index (χ3n) is 3.84. The maximum Gasteiger partial charge on any atom is 0.374 e. The molecule has 0 bridgehead atoms. The van der Waals surface area contributed by atoms with Crippen LogP contribution in [-0.2, 0) is 11.3 Å². The molecule has 6 nitrogen and oxygen atoms in total. The summed E-state index contributed by atoms with van der Waals surface area (Å²) in [4.78, 5) is 28.3. The van der Waals surface area contributed by atoms with Gasteiger partial charge in [-0.15, -0.1) is 0 Å². The van der Waals surface area contributed by atoms with Crippen LogP contribution in [0, 0.1) is 0 Å². The topological polar surface area (TPSA) is 82.5 Å². The predicted molar refractivity (Wildman–Crippen MR) is 98.6 cm³/mol. The Labute approximate surface area is 158 Å². The first-order valence-corrected chi connectivity index (χ1v) is 8.38. The number of rotatable bonds is 4. The highest BCUT2D eigenvalue weighted by Gasteiger charge is 2.15. The molecular formula is C20H12ClNO5. The first-order valence-electron chi connectivity index (χ1n) is 8.01. The number of oxazole rings is 1. The maximum absolute atomic E-state index is 12.2. The second-order valence-corrected chi connectivity index (χ2v) is 6.11. The van der Waals surface area contributed by atoms with Crippen molar-refractivity contribution in [3.8, 4) is 11.3 Å². The number of carbonyl (C=O) groups is 1. The Hall–Kier alpha value is -3.38. The van der Waals surface area contributed by atoms with Crippen LogP contribution in [0.1, 0.15) is 16.4 Å². The number of hydrogen-bond acceptors (Lipinski definition) is 6. The van der Waals surface area contributed by atoms with Crippen molar-refractivity contribution in [1.82, 2.24) is 4.98 Å². The summed E-state index contributed by atoms with van der Waals surface area (Å²) in [6, 6.07) is 14.8. The highest BCUT2D eigenvalue weighted by Crippen LogP contribution is 2.22. The standard InChI is InChI=1S/C20H12ClNO5/c21-13-7-5-12(6-8-13)18-10-22-19(27-18)11-25-20(24)17-9-15(23)14-3-1-2-4-16(14)26-17/h1-10H,11H2. The number of aromatic nitrogens is 1. The molecule has 7 heteroatoms. The summed E-state index contributed by atoms with van der Waals surface area (Å²) < 4.78 is 16.1. The second-order valence-electron chi connectivity index (χ2n) is 5.67. The van der Waals surface area contributed by atoms with Gasteiger partial charge in [0.25, 0.3) is 0 Å². The fourth-order valence-electron chi connectivity index (χ4n) is 2.53. The Kier molecular flexibility index (Phi) is 4.48. The van der Waals surface area contributed by atoms with E-state index >= 15 is 0 Å². The zero-order valence-electron chi connectivity index (χ0n) is 13.8. The molecule has 0 spiro atoms. The molecule has 0 radical (unpaired) electrons. The van der Waals surface area contributed by atoms with E-state index in [9.17, 15) is 9.59 Å². The van der Waals surface area contributed by atoms with Crippen molar-refractivity contribution in [3.05, 3.63) is 87.7 Å². The summed E-state index contributed by atoms with van der Waals surface area (Å²) in [5, 5.41) is 1.01. The van der Waals surface area contributed by atoms with Gasteiger partial charge in [-0.1, -0.05) is 23.7 Å². The molecule has 0 saturated heterocycles. The van der Waals surface area contributed by atoms with Gasteiger partial charge in [-0.3, -0.25) is 4.79 Å². The Balaban J connectivity index is 1.48. The third-order valence-corrected chi connectivity index (χ3v) is 4.10. The monoisotopic (exact) mass is 381 g/mol. The lowest BCUT2D eigenvalue weighted by Gasteiger charge is -2.03. The fraction of sp³-hybridized carbons (Fsp3) is 0.0500. The Bertz CT molecular complexity index is 1180. The SMILES string of the molecule is O=C(OCc1ncc(-c2ccc(Cl)cc2)o1)c1cc(=O)c2ccccc2o1. The summed E-state index contributed by atoms with van der Waals surface area (Å²) in [6.45, 7) is -0.192. The van der Waals surface area contributed by atoms with Crippen molar-refractivity contribution >= 4 is 28.5 Å². The van der Waals surface area contributed by atoms with Crippen LogP contribution in [0.3, 0.4) is 0 Å². The van der Waals surface area contributed by atoms with E-state index < -0.39 is 5.97 Å². The molecule has 2 heterocycles. The molecule has 0 saturated carbocycles. The smallest absolute Gasteiger partial charge is 0.374 e. The number of esters is 1. The van der Waals surface area contributed by atoms with Crippen LogP contribution in [-0.4, -0.2) is 11.0 Å². The van der Waals surface area contributed by atoms with Gasteiger partial charge in [0.05, 0.1) is 11.6 Å². The Morgan fingerprint density at radius 1 is 1.07 bits per heavy atom. The van der Waals surface area contributed by atoms with Crippen molar-refractivity contribution in [2.45, 2.75) is 6.61 Å². The van der Waals surface area contributed by atoms with E-state index in [0.29, 0.717) is 21.8 Å². The van der Waals surface area contributed by atoms with E-state index in [2.05, 4.69) is 4.98 Å². The number of carbonyl (C=O) groups excluding carboxylic acids is 1. The van der Waals surface area contributed by atoms with Gasteiger partial charge in [0.2, 0.25) is 11.7 Å². The van der Waals surface area contributed by atoms with E-state index in [1.54, 1.807) is 48.5 Å². The second kappa shape index (κ2) is 7.09. The lowest BCUT2D eigenvalue weighted by Crippen LogP contribution is -2.10. The Morgan fingerprint density at radius 2 is 1.85 bits per heavy atom. The molecule has 27 heavy (non-hydrogen) atoms. The van der Waals surface area contributed by atoms with E-state index in [-0.39, 0.29) is 23.7 Å². The molecule has 134 valence electrons. The molecule has 0 unspecified atom stereocenters. The first kappa shape index (κ1) is 17.1. The van der Waals surface area contributed by atoms with Gasteiger partial charge in [0.1, 0.15) is 5.58 Å². The molecule has 4 rings (SSSR count). The van der Waals surface area contributed by atoms with Crippen LogP contribution in [0.2, 0.25) is 5.02 Å². The van der Waals surface area contributed by atoms with Gasteiger partial charge < -0.3 is 13.6 Å². The average Bonchev–Trinajstić information content (AvgIpc) is 3.15. The zero-order chi connectivity index (χ0) is 18.8. The minimum absolute atomic E-state index is 0.178.